The van der Waals surface area contributed by atoms with Crippen molar-refractivity contribution in [1.29, 1.82) is 0 Å². The Morgan fingerprint density at radius 3 is 2.87 bits per heavy atom. The van der Waals surface area contributed by atoms with E-state index in [-0.39, 0.29) is 11.3 Å². The van der Waals surface area contributed by atoms with Crippen LogP contribution in [-0.2, 0) is 4.79 Å². The third kappa shape index (κ3) is 1.77. The Balaban J connectivity index is 2.08. The van der Waals surface area contributed by atoms with Gasteiger partial charge in [0.25, 0.3) is 0 Å². The van der Waals surface area contributed by atoms with Crippen LogP contribution in [0.5, 0.6) is 0 Å². The average molecular weight is 207 g/mol. The summed E-state index contributed by atoms with van der Waals surface area (Å²) >= 11 is 0. The number of hydrogen-bond donors (Lipinski definition) is 2. The number of H-pyrrole nitrogens is 1. The van der Waals surface area contributed by atoms with E-state index in [1.807, 2.05) is 32.6 Å². The van der Waals surface area contributed by atoms with Crippen molar-refractivity contribution in [3.8, 4) is 0 Å². The maximum Gasteiger partial charge on any atom is 0.234 e. The molecule has 0 aliphatic heterocycles. The minimum Gasteiger partial charge on any atom is -0.366 e. The topological polar surface area (TPSA) is 48.1 Å². The molecule has 1 aliphatic rings. The molecule has 2 N–H and O–H groups in total. The van der Waals surface area contributed by atoms with Gasteiger partial charge in [-0.3, -0.25) is 4.79 Å². The van der Waals surface area contributed by atoms with Gasteiger partial charge in [0.1, 0.15) is 0 Å². The molecular formula is C11H17N3O. The van der Waals surface area contributed by atoms with Gasteiger partial charge in [0, 0.05) is 26.0 Å². The Morgan fingerprint density at radius 2 is 2.40 bits per heavy atom. The highest BCUT2D eigenvalue weighted by Gasteiger charge is 2.50. The van der Waals surface area contributed by atoms with Gasteiger partial charge < -0.3 is 15.2 Å². The highest BCUT2D eigenvalue weighted by Crippen LogP contribution is 2.46. The van der Waals surface area contributed by atoms with E-state index in [2.05, 4.69) is 10.3 Å². The van der Waals surface area contributed by atoms with Crippen molar-refractivity contribution in [3.63, 3.8) is 0 Å². The molecule has 1 aliphatic carbocycles. The highest BCUT2D eigenvalue weighted by molar-refractivity contribution is 5.99. The summed E-state index contributed by atoms with van der Waals surface area (Å²) in [5.41, 5.74) is 0.795. The van der Waals surface area contributed by atoms with Gasteiger partial charge in [-0.25, -0.2) is 0 Å². The maximum absolute atomic E-state index is 12.2. The van der Waals surface area contributed by atoms with Crippen molar-refractivity contribution in [2.24, 2.45) is 5.41 Å². The first kappa shape index (κ1) is 10.2. The summed E-state index contributed by atoms with van der Waals surface area (Å²) in [4.78, 5) is 16.9. The Hall–Kier alpha value is -1.29. The minimum atomic E-state index is -0.138. The molecule has 0 spiro atoms. The van der Waals surface area contributed by atoms with Gasteiger partial charge in [0.2, 0.25) is 5.91 Å². The molecule has 2 rings (SSSR count). The monoisotopic (exact) mass is 207 g/mol. The zero-order valence-electron chi connectivity index (χ0n) is 9.21. The van der Waals surface area contributed by atoms with E-state index in [1.54, 1.807) is 4.90 Å². The van der Waals surface area contributed by atoms with Crippen molar-refractivity contribution in [1.82, 2.24) is 10.3 Å². The van der Waals surface area contributed by atoms with Crippen LogP contribution in [0.2, 0.25) is 0 Å². The third-order valence-corrected chi connectivity index (χ3v) is 3.10. The number of rotatable bonds is 4. The molecule has 82 valence electrons. The lowest BCUT2D eigenvalue weighted by Gasteiger charge is -2.22. The van der Waals surface area contributed by atoms with Crippen LogP contribution in [-0.4, -0.2) is 31.5 Å². The number of nitrogens with one attached hydrogen (secondary N) is 2. The Bertz CT molecular complexity index is 341. The van der Waals surface area contributed by atoms with Crippen LogP contribution in [0, 0.1) is 5.41 Å². The minimum absolute atomic E-state index is 0.138. The van der Waals surface area contributed by atoms with E-state index in [1.165, 1.54) is 0 Å². The second kappa shape index (κ2) is 3.70. The summed E-state index contributed by atoms with van der Waals surface area (Å²) in [5.74, 6) is 0.219. The summed E-state index contributed by atoms with van der Waals surface area (Å²) in [7, 11) is 3.73. The van der Waals surface area contributed by atoms with E-state index in [9.17, 15) is 4.79 Å². The number of carbonyl (C=O) groups excluding carboxylic acids is 1. The fourth-order valence-corrected chi connectivity index (χ4v) is 1.95. The largest absolute Gasteiger partial charge is 0.366 e. The van der Waals surface area contributed by atoms with Gasteiger partial charge in [-0.1, -0.05) is 0 Å². The molecule has 1 aromatic heterocycles. The van der Waals surface area contributed by atoms with Gasteiger partial charge in [-0.2, -0.15) is 0 Å². The van der Waals surface area contributed by atoms with Crippen molar-refractivity contribution < 1.29 is 4.79 Å². The zero-order chi connectivity index (χ0) is 10.9. The number of nitrogens with zero attached hydrogens (tertiary/aromatic N) is 1. The van der Waals surface area contributed by atoms with Crippen LogP contribution in [0.1, 0.15) is 12.8 Å². The number of anilines is 1. The summed E-state index contributed by atoms with van der Waals surface area (Å²) in [6.07, 6.45) is 5.67. The highest BCUT2D eigenvalue weighted by atomic mass is 16.2. The van der Waals surface area contributed by atoms with Gasteiger partial charge in [-0.15, -0.1) is 0 Å². The van der Waals surface area contributed by atoms with Crippen molar-refractivity contribution in [2.45, 2.75) is 12.8 Å². The molecular weight excluding hydrogens is 190 g/mol. The molecule has 15 heavy (non-hydrogen) atoms. The van der Waals surface area contributed by atoms with Crippen LogP contribution in [0.25, 0.3) is 0 Å². The number of aromatic nitrogens is 1. The predicted octanol–water partition coefficient (Wildman–Crippen LogP) is 0.977. The molecule has 0 aromatic carbocycles. The second-order valence-electron chi connectivity index (χ2n) is 4.24. The lowest BCUT2D eigenvalue weighted by molar-refractivity contribution is -0.123. The van der Waals surface area contributed by atoms with Gasteiger partial charge >= 0.3 is 0 Å². The first-order valence-electron chi connectivity index (χ1n) is 5.25. The molecule has 0 saturated heterocycles. The number of aromatic amines is 1. The summed E-state index contributed by atoms with van der Waals surface area (Å²) in [5, 5.41) is 3.10. The second-order valence-corrected chi connectivity index (χ2v) is 4.24. The Labute approximate surface area is 89.7 Å². The molecule has 1 amide bonds. The summed E-state index contributed by atoms with van der Waals surface area (Å²) in [6.45, 7) is 0.778. The lowest BCUT2D eigenvalue weighted by Crippen LogP contribution is -2.38. The number of hydrogen-bond acceptors (Lipinski definition) is 2. The van der Waals surface area contributed by atoms with Gasteiger partial charge in [-0.05, 0) is 26.0 Å². The normalized spacial score (nSPS) is 17.5. The molecule has 1 fully saturated rings. The van der Waals surface area contributed by atoms with Crippen LogP contribution in [0.15, 0.2) is 18.5 Å². The van der Waals surface area contributed by atoms with E-state index in [0.717, 1.165) is 25.1 Å². The number of carbonyl (C=O) groups is 1. The van der Waals surface area contributed by atoms with Gasteiger partial charge in [0.15, 0.2) is 0 Å². The predicted molar refractivity (Wildman–Crippen MR) is 59.8 cm³/mol. The maximum atomic E-state index is 12.2. The van der Waals surface area contributed by atoms with Crippen molar-refractivity contribution >= 4 is 11.6 Å². The fourth-order valence-electron chi connectivity index (χ4n) is 1.95. The van der Waals surface area contributed by atoms with E-state index < -0.39 is 0 Å². The molecule has 0 bridgehead atoms. The van der Waals surface area contributed by atoms with Gasteiger partial charge in [0.05, 0.1) is 11.1 Å². The third-order valence-electron chi connectivity index (χ3n) is 3.10. The molecule has 1 saturated carbocycles. The van der Waals surface area contributed by atoms with E-state index in [0.29, 0.717) is 0 Å². The summed E-state index contributed by atoms with van der Waals surface area (Å²) in [6, 6.07) is 1.91. The molecule has 1 heterocycles. The first-order valence-corrected chi connectivity index (χ1v) is 5.25. The quantitative estimate of drug-likeness (QED) is 0.773. The van der Waals surface area contributed by atoms with Crippen LogP contribution in [0.3, 0.4) is 0 Å². The van der Waals surface area contributed by atoms with Crippen LogP contribution >= 0.6 is 0 Å². The molecule has 0 unspecified atom stereocenters. The van der Waals surface area contributed by atoms with Crippen LogP contribution in [0.4, 0.5) is 5.69 Å². The fraction of sp³-hybridized carbons (Fsp3) is 0.545. The van der Waals surface area contributed by atoms with Crippen LogP contribution < -0.4 is 10.2 Å². The van der Waals surface area contributed by atoms with Crippen molar-refractivity contribution in [2.75, 3.05) is 25.5 Å². The van der Waals surface area contributed by atoms with E-state index >= 15 is 0 Å². The molecule has 0 radical (unpaired) electrons. The molecule has 1 aromatic rings. The SMILES string of the molecule is CNCC1(C(=O)N(C)c2cc[nH]c2)CC1. The zero-order valence-corrected chi connectivity index (χ0v) is 9.21. The first-order chi connectivity index (χ1) is 7.19. The standard InChI is InChI=1S/C11H17N3O/c1-12-8-11(4-5-11)10(15)14(2)9-3-6-13-7-9/h3,6-7,12-13H,4-5,8H2,1-2H3. The average Bonchev–Trinajstić information content (AvgIpc) is 2.82. The van der Waals surface area contributed by atoms with Crippen molar-refractivity contribution in [3.05, 3.63) is 18.5 Å². The molecule has 0 atom stereocenters. The smallest absolute Gasteiger partial charge is 0.234 e. The lowest BCUT2D eigenvalue weighted by atomic mass is 10.1. The Kier molecular flexibility index (Phi) is 2.52. The summed E-state index contributed by atoms with van der Waals surface area (Å²) < 4.78 is 0. The molecule has 4 nitrogen and oxygen atoms in total. The number of amides is 1. The van der Waals surface area contributed by atoms with E-state index in [4.69, 9.17) is 0 Å². The Morgan fingerprint density at radius 1 is 1.67 bits per heavy atom. The molecule has 4 heteroatoms.